The quantitative estimate of drug-likeness (QED) is 0.272. The average molecular weight is 530 g/mol. The number of aliphatic hydroxyl groups is 1. The van der Waals surface area contributed by atoms with Gasteiger partial charge in [-0.05, 0) is 53.8 Å². The number of para-hydroxylation sites is 1. The number of nitrogens with zero attached hydrogens (tertiary/aromatic N) is 1. The Morgan fingerprint density at radius 3 is 2.46 bits per heavy atom. The Morgan fingerprint density at radius 2 is 1.73 bits per heavy atom. The number of halogens is 3. The van der Waals surface area contributed by atoms with E-state index in [1.165, 1.54) is 17.7 Å². The third kappa shape index (κ3) is 7.35. The number of nitrogens with one attached hydrogen (secondary N) is 2. The molecular weight excluding hydrogens is 500 g/mol. The van der Waals surface area contributed by atoms with Gasteiger partial charge in [0.2, 0.25) is 0 Å². The van der Waals surface area contributed by atoms with Crippen LogP contribution in [0.4, 0.5) is 8.78 Å². The molecule has 9 heteroatoms. The van der Waals surface area contributed by atoms with Crippen LogP contribution >= 0.6 is 12.4 Å². The molecule has 0 fully saturated rings. The van der Waals surface area contributed by atoms with Gasteiger partial charge in [-0.2, -0.15) is 0 Å². The van der Waals surface area contributed by atoms with E-state index in [4.69, 9.17) is 4.42 Å². The molecule has 0 spiro atoms. The number of amides is 1. The van der Waals surface area contributed by atoms with E-state index in [1.54, 1.807) is 25.1 Å². The lowest BCUT2D eigenvalue weighted by Gasteiger charge is -2.25. The van der Waals surface area contributed by atoms with Crippen molar-refractivity contribution in [1.29, 1.82) is 0 Å². The maximum atomic E-state index is 13.8. The molecule has 0 aliphatic rings. The molecule has 196 valence electrons. The first-order valence-electron chi connectivity index (χ1n) is 11.9. The molecule has 0 aliphatic carbocycles. The highest BCUT2D eigenvalue weighted by Gasteiger charge is 2.24. The van der Waals surface area contributed by atoms with Crippen molar-refractivity contribution in [2.45, 2.75) is 45.4 Å². The fourth-order valence-electron chi connectivity index (χ4n) is 4.22. The normalized spacial score (nSPS) is 12.7. The number of hydrogen-bond donors (Lipinski definition) is 3. The summed E-state index contributed by atoms with van der Waals surface area (Å²) in [6.07, 6.45) is -0.0810. The summed E-state index contributed by atoms with van der Waals surface area (Å²) in [4.78, 5) is 17.5. The van der Waals surface area contributed by atoms with Crippen molar-refractivity contribution in [2.75, 3.05) is 6.54 Å². The van der Waals surface area contributed by atoms with Gasteiger partial charge in [0, 0.05) is 26.1 Å². The Balaban J connectivity index is 0.00000380. The van der Waals surface area contributed by atoms with E-state index >= 15 is 0 Å². The van der Waals surface area contributed by atoms with Crippen LogP contribution in [0.25, 0.3) is 11.1 Å². The zero-order valence-electron chi connectivity index (χ0n) is 20.6. The first kappa shape index (κ1) is 28.2. The van der Waals surface area contributed by atoms with E-state index in [1.807, 2.05) is 12.1 Å². The zero-order valence-corrected chi connectivity index (χ0v) is 21.4. The summed E-state index contributed by atoms with van der Waals surface area (Å²) in [6, 6.07) is 15.5. The van der Waals surface area contributed by atoms with Crippen molar-refractivity contribution in [3.05, 3.63) is 100 Å². The monoisotopic (exact) mass is 529 g/mol. The highest BCUT2D eigenvalue weighted by Crippen LogP contribution is 2.20. The molecule has 37 heavy (non-hydrogen) atoms. The van der Waals surface area contributed by atoms with Crippen LogP contribution in [-0.4, -0.2) is 34.7 Å². The fraction of sp³-hybridized carbons (Fsp3) is 0.286. The number of carbonyl (C=O) groups is 1. The van der Waals surface area contributed by atoms with Crippen LogP contribution in [0.1, 0.15) is 39.9 Å². The largest absolute Gasteiger partial charge is 0.441 e. The number of carbonyl (C=O) groups excluding carboxylic acids is 1. The Hall–Kier alpha value is -3.33. The second kappa shape index (κ2) is 12.8. The van der Waals surface area contributed by atoms with Gasteiger partial charge in [-0.1, -0.05) is 37.3 Å². The molecule has 0 aliphatic heterocycles. The minimum absolute atomic E-state index is 0. The molecule has 1 heterocycles. The molecule has 0 unspecified atom stereocenters. The second-order valence-electron chi connectivity index (χ2n) is 8.82. The van der Waals surface area contributed by atoms with Crippen LogP contribution in [0.5, 0.6) is 0 Å². The number of benzene rings is 3. The lowest BCUT2D eigenvalue weighted by atomic mass is 9.99. The van der Waals surface area contributed by atoms with Crippen LogP contribution in [0.3, 0.4) is 0 Å². The number of fused-ring (bicyclic) bond motifs is 1. The van der Waals surface area contributed by atoms with E-state index in [-0.39, 0.29) is 30.9 Å². The number of aromatic nitrogens is 1. The Kier molecular flexibility index (Phi) is 9.74. The van der Waals surface area contributed by atoms with Crippen LogP contribution in [0.15, 0.2) is 65.1 Å². The van der Waals surface area contributed by atoms with Crippen LogP contribution in [0, 0.1) is 18.6 Å². The topological polar surface area (TPSA) is 87.4 Å². The van der Waals surface area contributed by atoms with Crippen LogP contribution in [0.2, 0.25) is 0 Å². The van der Waals surface area contributed by atoms with Gasteiger partial charge in [0.05, 0.1) is 17.7 Å². The van der Waals surface area contributed by atoms with Gasteiger partial charge in [0.1, 0.15) is 17.2 Å². The SMILES string of the molecule is CCc1cccc(CNC[C@@H](O)[C@H](Cc2cc(F)cc(F)c2)NC(=O)c2cccc3oc(C)nc23)c1.Cl. The molecule has 0 bridgehead atoms. The van der Waals surface area contributed by atoms with E-state index < -0.39 is 29.7 Å². The highest BCUT2D eigenvalue weighted by atomic mass is 35.5. The van der Waals surface area contributed by atoms with Gasteiger partial charge in [-0.3, -0.25) is 4.79 Å². The molecule has 3 N–H and O–H groups in total. The maximum absolute atomic E-state index is 13.8. The first-order chi connectivity index (χ1) is 17.3. The summed E-state index contributed by atoms with van der Waals surface area (Å²) in [7, 11) is 0. The molecule has 4 aromatic rings. The predicted octanol–water partition coefficient (Wildman–Crippen LogP) is 4.89. The fourth-order valence-corrected chi connectivity index (χ4v) is 4.22. The van der Waals surface area contributed by atoms with Gasteiger partial charge in [0.25, 0.3) is 5.91 Å². The molecule has 0 saturated heterocycles. The molecule has 1 amide bonds. The minimum atomic E-state index is -1.03. The summed E-state index contributed by atoms with van der Waals surface area (Å²) in [5, 5.41) is 17.0. The maximum Gasteiger partial charge on any atom is 0.253 e. The van der Waals surface area contributed by atoms with Crippen molar-refractivity contribution in [1.82, 2.24) is 15.6 Å². The van der Waals surface area contributed by atoms with E-state index in [9.17, 15) is 18.7 Å². The molecular formula is C28H30ClF2N3O3. The molecule has 6 nitrogen and oxygen atoms in total. The number of hydrogen-bond acceptors (Lipinski definition) is 5. The molecule has 2 atom stereocenters. The van der Waals surface area contributed by atoms with Crippen molar-refractivity contribution in [3.63, 3.8) is 0 Å². The second-order valence-corrected chi connectivity index (χ2v) is 8.82. The summed E-state index contributed by atoms with van der Waals surface area (Å²) >= 11 is 0. The van der Waals surface area contributed by atoms with Gasteiger partial charge < -0.3 is 20.2 Å². The Bertz CT molecular complexity index is 1340. The number of aryl methyl sites for hydroxylation is 2. The standard InChI is InChI=1S/C28H29F2N3O3.ClH/c1-3-18-6-4-7-19(10-18)15-31-16-25(34)24(13-20-11-21(29)14-22(30)12-20)33-28(35)23-8-5-9-26-27(23)32-17(2)36-26;/h4-12,14,24-25,31,34H,3,13,15-16H2,1-2H3,(H,33,35);1H/t24-,25+;/m0./s1. The van der Waals surface area contributed by atoms with Gasteiger partial charge >= 0.3 is 0 Å². The van der Waals surface area contributed by atoms with Crippen LogP contribution in [-0.2, 0) is 19.4 Å². The van der Waals surface area contributed by atoms with E-state index in [0.717, 1.165) is 18.1 Å². The molecule has 1 aromatic heterocycles. The third-order valence-electron chi connectivity index (χ3n) is 6.01. The third-order valence-corrected chi connectivity index (χ3v) is 6.01. The highest BCUT2D eigenvalue weighted by molar-refractivity contribution is 6.04. The molecule has 4 rings (SSSR count). The predicted molar refractivity (Wildman–Crippen MR) is 141 cm³/mol. The van der Waals surface area contributed by atoms with Crippen LogP contribution < -0.4 is 10.6 Å². The molecule has 0 saturated carbocycles. The smallest absolute Gasteiger partial charge is 0.253 e. The lowest BCUT2D eigenvalue weighted by Crippen LogP contribution is -2.48. The Labute approximate surface area is 220 Å². The number of aliphatic hydroxyl groups excluding tert-OH is 1. The Morgan fingerprint density at radius 1 is 1.03 bits per heavy atom. The van der Waals surface area contributed by atoms with Gasteiger partial charge in [-0.15, -0.1) is 12.4 Å². The summed E-state index contributed by atoms with van der Waals surface area (Å²) < 4.78 is 33.1. The minimum Gasteiger partial charge on any atom is -0.441 e. The van der Waals surface area contributed by atoms with Crippen molar-refractivity contribution in [2.24, 2.45) is 0 Å². The summed E-state index contributed by atoms with van der Waals surface area (Å²) in [5.74, 6) is -1.48. The van der Waals surface area contributed by atoms with Gasteiger partial charge in [-0.25, -0.2) is 13.8 Å². The number of oxazole rings is 1. The first-order valence-corrected chi connectivity index (χ1v) is 11.9. The van der Waals surface area contributed by atoms with Gasteiger partial charge in [0.15, 0.2) is 11.5 Å². The van der Waals surface area contributed by atoms with Crippen molar-refractivity contribution < 1.29 is 23.1 Å². The molecule has 3 aromatic carbocycles. The molecule has 0 radical (unpaired) electrons. The lowest BCUT2D eigenvalue weighted by molar-refractivity contribution is 0.0831. The van der Waals surface area contributed by atoms with E-state index in [0.29, 0.717) is 29.1 Å². The zero-order chi connectivity index (χ0) is 25.7. The van der Waals surface area contributed by atoms with Crippen molar-refractivity contribution >= 4 is 29.4 Å². The summed E-state index contributed by atoms with van der Waals surface area (Å²) in [5.41, 5.74) is 3.78. The average Bonchev–Trinajstić information content (AvgIpc) is 3.23. The summed E-state index contributed by atoms with van der Waals surface area (Å²) in [6.45, 7) is 4.46. The number of rotatable bonds is 10. The van der Waals surface area contributed by atoms with E-state index in [2.05, 4.69) is 34.7 Å². The van der Waals surface area contributed by atoms with Crippen molar-refractivity contribution in [3.8, 4) is 0 Å².